The third-order valence-electron chi connectivity index (χ3n) is 4.98. The molecule has 3 aromatic rings. The number of anilines is 3. The van der Waals surface area contributed by atoms with Crippen molar-refractivity contribution in [1.82, 2.24) is 5.32 Å². The molecule has 0 saturated carbocycles. The first-order valence-electron chi connectivity index (χ1n) is 9.04. The van der Waals surface area contributed by atoms with E-state index >= 15 is 0 Å². The van der Waals surface area contributed by atoms with Gasteiger partial charge in [0, 0.05) is 18.2 Å². The average molecular weight is 401 g/mol. The van der Waals surface area contributed by atoms with Crippen molar-refractivity contribution >= 4 is 23.0 Å². The van der Waals surface area contributed by atoms with Crippen LogP contribution in [-0.4, -0.2) is 5.91 Å². The quantitative estimate of drug-likeness (QED) is 0.549. The van der Waals surface area contributed by atoms with Crippen LogP contribution in [0.25, 0.3) is 0 Å². The molecule has 0 spiro atoms. The SMILES string of the molecule is CC[C@@H](Nc1c(Nc2c(F)cc(F)c3c2C(=O)NC3)c(=O)c1=O)c1ccc(C)o1. The predicted molar refractivity (Wildman–Crippen MR) is 102 cm³/mol. The first-order valence-corrected chi connectivity index (χ1v) is 9.04. The molecule has 1 atom stereocenters. The first kappa shape index (κ1) is 18.9. The molecule has 3 N–H and O–H groups in total. The van der Waals surface area contributed by atoms with E-state index in [9.17, 15) is 23.2 Å². The minimum Gasteiger partial charge on any atom is -0.464 e. The number of halogens is 2. The van der Waals surface area contributed by atoms with Crippen molar-refractivity contribution < 1.29 is 18.0 Å². The van der Waals surface area contributed by atoms with Crippen LogP contribution in [0.5, 0.6) is 0 Å². The number of fused-ring (bicyclic) bond motifs is 1. The van der Waals surface area contributed by atoms with E-state index in [2.05, 4.69) is 16.0 Å². The summed E-state index contributed by atoms with van der Waals surface area (Å²) in [5.41, 5.74) is -2.38. The van der Waals surface area contributed by atoms with Crippen LogP contribution in [0.2, 0.25) is 0 Å². The Labute approximate surface area is 163 Å². The van der Waals surface area contributed by atoms with Gasteiger partial charge in [-0.25, -0.2) is 8.78 Å². The van der Waals surface area contributed by atoms with Gasteiger partial charge < -0.3 is 20.4 Å². The molecule has 4 rings (SSSR count). The molecular weight excluding hydrogens is 384 g/mol. The highest BCUT2D eigenvalue weighted by atomic mass is 19.1. The van der Waals surface area contributed by atoms with E-state index in [-0.39, 0.29) is 40.8 Å². The largest absolute Gasteiger partial charge is 0.464 e. The molecule has 0 radical (unpaired) electrons. The van der Waals surface area contributed by atoms with Gasteiger partial charge in [0.1, 0.15) is 34.5 Å². The molecule has 9 heteroatoms. The summed E-state index contributed by atoms with van der Waals surface area (Å²) in [6, 6.07) is 3.78. The summed E-state index contributed by atoms with van der Waals surface area (Å²) in [6.45, 7) is 3.57. The smallest absolute Gasteiger partial charge is 0.254 e. The number of carbonyl (C=O) groups is 1. The highest BCUT2D eigenvalue weighted by molar-refractivity contribution is 6.04. The van der Waals surface area contributed by atoms with Crippen LogP contribution < -0.4 is 26.8 Å². The average Bonchev–Trinajstić information content (AvgIpc) is 3.29. The van der Waals surface area contributed by atoms with Gasteiger partial charge in [-0.3, -0.25) is 14.4 Å². The summed E-state index contributed by atoms with van der Waals surface area (Å²) in [5, 5.41) is 7.90. The molecule has 7 nitrogen and oxygen atoms in total. The third kappa shape index (κ3) is 2.98. The number of aryl methyl sites for hydroxylation is 1. The van der Waals surface area contributed by atoms with Crippen LogP contribution in [0, 0.1) is 18.6 Å². The summed E-state index contributed by atoms with van der Waals surface area (Å²) in [4.78, 5) is 36.3. The minimum absolute atomic E-state index is 0.00426. The zero-order chi connectivity index (χ0) is 20.9. The molecular formula is C20H17F2N3O4. The van der Waals surface area contributed by atoms with Crippen LogP contribution in [0.3, 0.4) is 0 Å². The fraction of sp³-hybridized carbons (Fsp3) is 0.250. The normalized spacial score (nSPS) is 14.0. The van der Waals surface area contributed by atoms with Gasteiger partial charge in [0.15, 0.2) is 0 Å². The summed E-state index contributed by atoms with van der Waals surface area (Å²) in [6.07, 6.45) is 0.550. The zero-order valence-corrected chi connectivity index (χ0v) is 15.6. The number of nitrogens with one attached hydrogen (secondary N) is 3. The Kier molecular flexibility index (Phi) is 4.45. The number of hydrogen-bond donors (Lipinski definition) is 3. The van der Waals surface area contributed by atoms with E-state index in [0.717, 1.165) is 0 Å². The molecule has 1 aromatic heterocycles. The Bertz CT molecular complexity index is 1210. The maximum absolute atomic E-state index is 14.4. The van der Waals surface area contributed by atoms with Gasteiger partial charge in [-0.05, 0) is 25.5 Å². The Hall–Kier alpha value is -3.49. The maximum Gasteiger partial charge on any atom is 0.254 e. The molecule has 1 aliphatic heterocycles. The Morgan fingerprint density at radius 3 is 2.48 bits per heavy atom. The second-order valence-electron chi connectivity index (χ2n) is 6.84. The van der Waals surface area contributed by atoms with E-state index in [1.807, 2.05) is 6.92 Å². The van der Waals surface area contributed by atoms with Crippen molar-refractivity contribution in [2.24, 2.45) is 0 Å². The van der Waals surface area contributed by atoms with Crippen molar-refractivity contribution in [2.75, 3.05) is 10.6 Å². The molecule has 0 saturated heterocycles. The second kappa shape index (κ2) is 6.84. The number of benzene rings is 1. The Morgan fingerprint density at radius 2 is 1.83 bits per heavy atom. The van der Waals surface area contributed by atoms with Crippen LogP contribution in [-0.2, 0) is 6.54 Å². The standard InChI is InChI=1S/C20H17F2N3O4/c1-3-12(13-5-4-8(2)29-13)24-16-17(19(27)18(16)26)25-15-11(22)6-10(21)9-7-23-20(28)14(9)15/h4-6,12,24-25H,3,7H2,1-2H3,(H,23,28)/t12-/m1/s1. The third-order valence-corrected chi connectivity index (χ3v) is 4.98. The number of furan rings is 1. The summed E-state index contributed by atoms with van der Waals surface area (Å²) < 4.78 is 33.9. The van der Waals surface area contributed by atoms with Crippen LogP contribution in [0.1, 0.15) is 46.8 Å². The molecule has 1 aliphatic rings. The van der Waals surface area contributed by atoms with Gasteiger partial charge in [-0.1, -0.05) is 6.92 Å². The summed E-state index contributed by atoms with van der Waals surface area (Å²) in [7, 11) is 0. The van der Waals surface area contributed by atoms with Crippen LogP contribution >= 0.6 is 0 Å². The monoisotopic (exact) mass is 401 g/mol. The summed E-state index contributed by atoms with van der Waals surface area (Å²) in [5.74, 6) is -1.28. The molecule has 0 bridgehead atoms. The van der Waals surface area contributed by atoms with Gasteiger partial charge in [0.2, 0.25) is 0 Å². The van der Waals surface area contributed by atoms with Gasteiger partial charge in [0.05, 0.1) is 17.3 Å². The lowest BCUT2D eigenvalue weighted by Gasteiger charge is -2.21. The lowest BCUT2D eigenvalue weighted by Crippen LogP contribution is -2.37. The van der Waals surface area contributed by atoms with Crippen LogP contribution in [0.15, 0.2) is 32.2 Å². The van der Waals surface area contributed by atoms with Crippen molar-refractivity contribution in [2.45, 2.75) is 32.9 Å². The van der Waals surface area contributed by atoms with E-state index in [1.54, 1.807) is 19.1 Å². The molecule has 150 valence electrons. The number of carbonyl (C=O) groups excluding carboxylic acids is 1. The van der Waals surface area contributed by atoms with E-state index < -0.39 is 28.4 Å². The van der Waals surface area contributed by atoms with E-state index in [4.69, 9.17) is 4.42 Å². The Balaban J connectivity index is 1.70. The fourth-order valence-corrected chi connectivity index (χ4v) is 3.43. The van der Waals surface area contributed by atoms with Crippen molar-refractivity contribution in [3.05, 3.63) is 72.9 Å². The highest BCUT2D eigenvalue weighted by Gasteiger charge is 2.32. The predicted octanol–water partition coefficient (Wildman–Crippen LogP) is 3.01. The highest BCUT2D eigenvalue weighted by Crippen LogP contribution is 2.34. The minimum atomic E-state index is -1.04. The second-order valence-corrected chi connectivity index (χ2v) is 6.84. The van der Waals surface area contributed by atoms with Crippen molar-refractivity contribution in [3.8, 4) is 0 Å². The molecule has 0 aliphatic carbocycles. The van der Waals surface area contributed by atoms with Crippen molar-refractivity contribution in [1.29, 1.82) is 0 Å². The molecule has 1 amide bonds. The van der Waals surface area contributed by atoms with Crippen molar-refractivity contribution in [3.63, 3.8) is 0 Å². The lowest BCUT2D eigenvalue weighted by molar-refractivity contribution is 0.0966. The van der Waals surface area contributed by atoms with Crippen LogP contribution in [0.4, 0.5) is 25.8 Å². The Morgan fingerprint density at radius 1 is 1.10 bits per heavy atom. The molecule has 0 fully saturated rings. The lowest BCUT2D eigenvalue weighted by atomic mass is 10.0. The molecule has 29 heavy (non-hydrogen) atoms. The topological polar surface area (TPSA) is 100 Å². The molecule has 0 unspecified atom stereocenters. The van der Waals surface area contributed by atoms with Gasteiger partial charge in [-0.2, -0.15) is 0 Å². The molecule has 2 aromatic carbocycles. The molecule has 2 heterocycles. The van der Waals surface area contributed by atoms with Gasteiger partial charge in [-0.15, -0.1) is 0 Å². The number of hydrogen-bond acceptors (Lipinski definition) is 6. The zero-order valence-electron chi connectivity index (χ0n) is 15.6. The number of rotatable bonds is 6. The van der Waals surface area contributed by atoms with Gasteiger partial charge >= 0.3 is 0 Å². The fourth-order valence-electron chi connectivity index (χ4n) is 3.43. The van der Waals surface area contributed by atoms with E-state index in [1.165, 1.54) is 0 Å². The van der Waals surface area contributed by atoms with Gasteiger partial charge in [0.25, 0.3) is 16.8 Å². The first-order chi connectivity index (χ1) is 13.8. The van der Waals surface area contributed by atoms with E-state index in [0.29, 0.717) is 24.0 Å². The number of amides is 1. The summed E-state index contributed by atoms with van der Waals surface area (Å²) >= 11 is 0. The maximum atomic E-state index is 14.4.